The number of carbonyl (C=O) groups excluding carboxylic acids is 1. The summed E-state index contributed by atoms with van der Waals surface area (Å²) >= 11 is 0. The first-order valence-corrected chi connectivity index (χ1v) is 11.2. The summed E-state index contributed by atoms with van der Waals surface area (Å²) in [7, 11) is 2.05. The minimum atomic E-state index is 0.263. The highest BCUT2D eigenvalue weighted by atomic mass is 16.5. The molecule has 1 amide bonds. The maximum absolute atomic E-state index is 11.8. The molecule has 166 valence electrons. The minimum absolute atomic E-state index is 0.263. The van der Waals surface area contributed by atoms with Gasteiger partial charge < -0.3 is 19.9 Å². The zero-order valence-electron chi connectivity index (χ0n) is 18.9. The van der Waals surface area contributed by atoms with Crippen molar-refractivity contribution in [3.8, 4) is 5.75 Å². The van der Waals surface area contributed by atoms with Gasteiger partial charge >= 0.3 is 0 Å². The Morgan fingerprint density at radius 1 is 1.06 bits per heavy atom. The molecule has 0 radical (unpaired) electrons. The second kappa shape index (κ2) is 11.4. The lowest BCUT2D eigenvalue weighted by molar-refractivity contribution is -0.128. The van der Waals surface area contributed by atoms with E-state index in [-0.39, 0.29) is 5.91 Å². The van der Waals surface area contributed by atoms with Gasteiger partial charge in [0.1, 0.15) is 5.75 Å². The van der Waals surface area contributed by atoms with E-state index in [0.29, 0.717) is 26.1 Å². The lowest BCUT2D eigenvalue weighted by Gasteiger charge is -2.22. The number of ether oxygens (including phenoxy) is 1. The van der Waals surface area contributed by atoms with Crippen LogP contribution < -0.4 is 10.1 Å². The molecule has 1 aliphatic heterocycles. The molecule has 2 aromatic carbocycles. The molecule has 1 N–H and O–H groups in total. The van der Waals surface area contributed by atoms with E-state index in [1.165, 1.54) is 11.1 Å². The Balaban J connectivity index is 1.58. The van der Waals surface area contributed by atoms with E-state index in [1.807, 2.05) is 31.0 Å². The number of guanidine groups is 1. The van der Waals surface area contributed by atoms with Gasteiger partial charge in [-0.05, 0) is 49.1 Å². The van der Waals surface area contributed by atoms with Gasteiger partial charge in [-0.2, -0.15) is 0 Å². The van der Waals surface area contributed by atoms with Gasteiger partial charge in [0.05, 0.1) is 13.2 Å². The maximum Gasteiger partial charge on any atom is 0.222 e. The van der Waals surface area contributed by atoms with E-state index in [9.17, 15) is 4.79 Å². The van der Waals surface area contributed by atoms with Crippen LogP contribution >= 0.6 is 0 Å². The summed E-state index contributed by atoms with van der Waals surface area (Å²) < 4.78 is 5.52. The third kappa shape index (κ3) is 6.74. The van der Waals surface area contributed by atoms with Crippen molar-refractivity contribution in [2.75, 3.05) is 26.7 Å². The summed E-state index contributed by atoms with van der Waals surface area (Å²) in [6, 6.07) is 16.6. The maximum atomic E-state index is 11.8. The Morgan fingerprint density at radius 2 is 1.74 bits per heavy atom. The molecule has 31 heavy (non-hydrogen) atoms. The lowest BCUT2D eigenvalue weighted by atomic mass is 10.1. The number of nitrogens with one attached hydrogen (secondary N) is 1. The average molecular weight is 423 g/mol. The van der Waals surface area contributed by atoms with Crippen LogP contribution in [0.1, 0.15) is 43.4 Å². The second-order valence-electron chi connectivity index (χ2n) is 7.84. The first-order chi connectivity index (χ1) is 15.1. The first kappa shape index (κ1) is 22.7. The van der Waals surface area contributed by atoms with Gasteiger partial charge in [0.25, 0.3) is 0 Å². The molecule has 6 nitrogen and oxygen atoms in total. The zero-order valence-corrected chi connectivity index (χ0v) is 18.9. The average Bonchev–Trinajstić information content (AvgIpc) is 3.18. The Hall–Kier alpha value is -3.02. The number of aliphatic imine (C=N–C) groups is 1. The largest absolute Gasteiger partial charge is 0.494 e. The van der Waals surface area contributed by atoms with Crippen molar-refractivity contribution < 1.29 is 9.53 Å². The fourth-order valence-electron chi connectivity index (χ4n) is 3.68. The van der Waals surface area contributed by atoms with Crippen LogP contribution in [-0.4, -0.2) is 48.4 Å². The number of likely N-dealkylation sites (tertiary alicyclic amines) is 1. The fraction of sp³-hybridized carbons (Fsp3) is 0.440. The third-order valence-electron chi connectivity index (χ3n) is 5.33. The van der Waals surface area contributed by atoms with Crippen molar-refractivity contribution in [3.05, 3.63) is 65.2 Å². The molecule has 0 unspecified atom stereocenters. The van der Waals surface area contributed by atoms with Gasteiger partial charge in [-0.3, -0.25) is 4.79 Å². The summed E-state index contributed by atoms with van der Waals surface area (Å²) in [6.07, 6.45) is 1.66. The molecular formula is C25H34N4O2. The Morgan fingerprint density at radius 3 is 2.35 bits per heavy atom. The van der Waals surface area contributed by atoms with E-state index < -0.39 is 0 Å². The summed E-state index contributed by atoms with van der Waals surface area (Å²) in [4.78, 5) is 20.7. The van der Waals surface area contributed by atoms with Gasteiger partial charge in [0, 0.05) is 39.6 Å². The normalized spacial score (nSPS) is 14.1. The van der Waals surface area contributed by atoms with Gasteiger partial charge in [-0.25, -0.2) is 4.99 Å². The number of hydrogen-bond donors (Lipinski definition) is 1. The standard InChI is InChI=1S/C25H34N4O2/c1-4-26-25(28(3)18-21-12-14-23(15-13-21)31-5-2)27-17-20-8-10-22(11-9-20)19-29-16-6-7-24(29)30/h8-15H,4-7,16-19H2,1-3H3,(H,26,27). The summed E-state index contributed by atoms with van der Waals surface area (Å²) in [5.41, 5.74) is 3.53. The highest BCUT2D eigenvalue weighted by molar-refractivity contribution is 5.79. The van der Waals surface area contributed by atoms with E-state index in [4.69, 9.17) is 9.73 Å². The topological polar surface area (TPSA) is 57.2 Å². The number of hydrogen-bond acceptors (Lipinski definition) is 3. The van der Waals surface area contributed by atoms with Crippen molar-refractivity contribution in [3.63, 3.8) is 0 Å². The van der Waals surface area contributed by atoms with Crippen molar-refractivity contribution >= 4 is 11.9 Å². The van der Waals surface area contributed by atoms with Gasteiger partial charge in [-0.15, -0.1) is 0 Å². The number of carbonyl (C=O) groups is 1. The molecule has 1 heterocycles. The smallest absolute Gasteiger partial charge is 0.222 e. The van der Waals surface area contributed by atoms with E-state index in [1.54, 1.807) is 0 Å². The van der Waals surface area contributed by atoms with Crippen LogP contribution in [0.4, 0.5) is 0 Å². The molecule has 3 rings (SSSR count). The number of nitrogens with zero attached hydrogens (tertiary/aromatic N) is 3. The molecule has 0 atom stereocenters. The van der Waals surface area contributed by atoms with Gasteiger partial charge in [0.2, 0.25) is 5.91 Å². The van der Waals surface area contributed by atoms with Gasteiger partial charge in [0.15, 0.2) is 5.96 Å². The van der Waals surface area contributed by atoms with Crippen LogP contribution in [0.2, 0.25) is 0 Å². The van der Waals surface area contributed by atoms with Crippen LogP contribution in [0.3, 0.4) is 0 Å². The molecule has 2 aromatic rings. The molecule has 0 spiro atoms. The third-order valence-corrected chi connectivity index (χ3v) is 5.33. The molecule has 0 aliphatic carbocycles. The van der Waals surface area contributed by atoms with Crippen LogP contribution in [0, 0.1) is 0 Å². The van der Waals surface area contributed by atoms with Crippen molar-refractivity contribution in [2.45, 2.75) is 46.3 Å². The van der Waals surface area contributed by atoms with Crippen LogP contribution in [-0.2, 0) is 24.4 Å². The van der Waals surface area contributed by atoms with E-state index in [2.05, 4.69) is 53.5 Å². The van der Waals surface area contributed by atoms with E-state index >= 15 is 0 Å². The Labute approximate surface area is 185 Å². The molecule has 0 aromatic heterocycles. The molecule has 0 bridgehead atoms. The van der Waals surface area contributed by atoms with Crippen LogP contribution in [0.5, 0.6) is 5.75 Å². The van der Waals surface area contributed by atoms with Crippen LogP contribution in [0.15, 0.2) is 53.5 Å². The van der Waals surface area contributed by atoms with Crippen molar-refractivity contribution in [1.29, 1.82) is 0 Å². The number of rotatable bonds is 9. The van der Waals surface area contributed by atoms with Gasteiger partial charge in [-0.1, -0.05) is 36.4 Å². The van der Waals surface area contributed by atoms with E-state index in [0.717, 1.165) is 43.3 Å². The Kier molecular flexibility index (Phi) is 8.33. The SMILES string of the molecule is CCNC(=NCc1ccc(CN2CCCC2=O)cc1)N(C)Cc1ccc(OCC)cc1. The first-order valence-electron chi connectivity index (χ1n) is 11.2. The van der Waals surface area contributed by atoms with Crippen molar-refractivity contribution in [2.24, 2.45) is 4.99 Å². The predicted octanol–water partition coefficient (Wildman–Crippen LogP) is 3.81. The quantitative estimate of drug-likeness (QED) is 0.493. The fourth-order valence-corrected chi connectivity index (χ4v) is 3.68. The van der Waals surface area contributed by atoms with Crippen LogP contribution in [0.25, 0.3) is 0 Å². The number of amides is 1. The summed E-state index contributed by atoms with van der Waals surface area (Å²) in [5, 5.41) is 3.38. The lowest BCUT2D eigenvalue weighted by Crippen LogP contribution is -2.38. The molecule has 1 saturated heterocycles. The summed E-state index contributed by atoms with van der Waals surface area (Å²) in [5.74, 6) is 2.04. The summed E-state index contributed by atoms with van der Waals surface area (Å²) in [6.45, 7) is 8.51. The van der Waals surface area contributed by atoms with Crippen molar-refractivity contribution in [1.82, 2.24) is 15.1 Å². The Bertz CT molecular complexity index is 862. The number of benzene rings is 2. The highest BCUT2D eigenvalue weighted by Crippen LogP contribution is 2.16. The molecule has 1 fully saturated rings. The minimum Gasteiger partial charge on any atom is -0.494 e. The second-order valence-corrected chi connectivity index (χ2v) is 7.84. The molecule has 6 heteroatoms. The molecular weight excluding hydrogens is 388 g/mol. The zero-order chi connectivity index (χ0) is 22.1. The highest BCUT2D eigenvalue weighted by Gasteiger charge is 2.19. The predicted molar refractivity (Wildman–Crippen MR) is 125 cm³/mol. The monoisotopic (exact) mass is 422 g/mol. The molecule has 1 aliphatic rings. The molecule has 0 saturated carbocycles.